The van der Waals surface area contributed by atoms with Gasteiger partial charge in [-0.2, -0.15) is 11.3 Å². The van der Waals surface area contributed by atoms with E-state index in [1.54, 1.807) is 16.2 Å². The molecule has 1 saturated heterocycles. The lowest BCUT2D eigenvalue weighted by molar-refractivity contribution is 0.0290. The lowest BCUT2D eigenvalue weighted by Crippen LogP contribution is -2.38. The van der Waals surface area contributed by atoms with Crippen LogP contribution in [-0.2, 0) is 4.74 Å². The molecule has 1 amide bonds. The topological polar surface area (TPSA) is 41.6 Å². The van der Waals surface area contributed by atoms with Gasteiger partial charge in [0.15, 0.2) is 0 Å². The number of thiophene rings is 1. The van der Waals surface area contributed by atoms with Crippen molar-refractivity contribution in [1.82, 2.24) is 10.2 Å². The van der Waals surface area contributed by atoms with Gasteiger partial charge in [-0.15, -0.1) is 0 Å². The van der Waals surface area contributed by atoms with Crippen LogP contribution in [0.25, 0.3) is 0 Å². The van der Waals surface area contributed by atoms with Gasteiger partial charge in [-0.3, -0.25) is 0 Å². The Balaban J connectivity index is 1.82. The molecule has 1 aliphatic rings. The van der Waals surface area contributed by atoms with E-state index in [4.69, 9.17) is 4.74 Å². The van der Waals surface area contributed by atoms with Gasteiger partial charge in [-0.1, -0.05) is 0 Å². The Hall–Kier alpha value is -1.07. The SMILES string of the molecule is CC(NC1CCN(C(=O)OC(C)(C)C)C1)c1ccsc1. The zero-order valence-electron chi connectivity index (χ0n) is 12.7. The molecular weight excluding hydrogens is 272 g/mol. The van der Waals surface area contributed by atoms with E-state index in [-0.39, 0.29) is 6.09 Å². The molecule has 112 valence electrons. The number of hydrogen-bond donors (Lipinski definition) is 1. The second-order valence-corrected chi connectivity index (χ2v) is 7.14. The molecule has 1 aliphatic heterocycles. The van der Waals surface area contributed by atoms with Crippen LogP contribution in [0.1, 0.15) is 45.7 Å². The highest BCUT2D eigenvalue weighted by Gasteiger charge is 2.30. The van der Waals surface area contributed by atoms with E-state index >= 15 is 0 Å². The number of hydrogen-bond acceptors (Lipinski definition) is 4. The molecule has 1 fully saturated rings. The highest BCUT2D eigenvalue weighted by atomic mass is 32.1. The maximum Gasteiger partial charge on any atom is 0.410 e. The number of likely N-dealkylation sites (tertiary alicyclic amines) is 1. The number of nitrogens with zero attached hydrogens (tertiary/aromatic N) is 1. The van der Waals surface area contributed by atoms with Gasteiger partial charge < -0.3 is 15.0 Å². The van der Waals surface area contributed by atoms with E-state index in [2.05, 4.69) is 29.1 Å². The number of rotatable bonds is 3. The van der Waals surface area contributed by atoms with Gasteiger partial charge in [0.2, 0.25) is 0 Å². The molecule has 4 nitrogen and oxygen atoms in total. The van der Waals surface area contributed by atoms with Crippen molar-refractivity contribution >= 4 is 17.4 Å². The van der Waals surface area contributed by atoms with Crippen LogP contribution < -0.4 is 5.32 Å². The molecule has 0 spiro atoms. The summed E-state index contributed by atoms with van der Waals surface area (Å²) in [5, 5.41) is 7.84. The Bertz CT molecular complexity index is 439. The average molecular weight is 296 g/mol. The molecule has 2 rings (SSSR count). The lowest BCUT2D eigenvalue weighted by atomic mass is 10.1. The summed E-state index contributed by atoms with van der Waals surface area (Å²) in [5.41, 5.74) is 0.887. The fraction of sp³-hybridized carbons (Fsp3) is 0.667. The first kappa shape index (κ1) is 15.3. The van der Waals surface area contributed by atoms with E-state index in [0.717, 1.165) is 19.5 Å². The fourth-order valence-electron chi connectivity index (χ4n) is 2.36. The summed E-state index contributed by atoms with van der Waals surface area (Å²) >= 11 is 1.71. The first-order chi connectivity index (χ1) is 9.35. The molecule has 5 heteroatoms. The maximum absolute atomic E-state index is 12.0. The minimum Gasteiger partial charge on any atom is -0.444 e. The smallest absolute Gasteiger partial charge is 0.410 e. The molecule has 20 heavy (non-hydrogen) atoms. The van der Waals surface area contributed by atoms with Gasteiger partial charge in [-0.25, -0.2) is 4.79 Å². The van der Waals surface area contributed by atoms with E-state index in [0.29, 0.717) is 12.1 Å². The molecule has 0 aliphatic carbocycles. The Morgan fingerprint density at radius 1 is 1.55 bits per heavy atom. The van der Waals surface area contributed by atoms with Crippen molar-refractivity contribution in [1.29, 1.82) is 0 Å². The highest BCUT2D eigenvalue weighted by Crippen LogP contribution is 2.20. The molecule has 1 aromatic rings. The summed E-state index contributed by atoms with van der Waals surface area (Å²) in [6.45, 7) is 9.35. The van der Waals surface area contributed by atoms with Gasteiger partial charge in [0.05, 0.1) is 0 Å². The summed E-state index contributed by atoms with van der Waals surface area (Å²) in [6, 6.07) is 2.81. The number of nitrogens with one attached hydrogen (secondary N) is 1. The summed E-state index contributed by atoms with van der Waals surface area (Å²) < 4.78 is 5.41. The third kappa shape index (κ3) is 4.21. The van der Waals surface area contributed by atoms with Crippen molar-refractivity contribution in [2.75, 3.05) is 13.1 Å². The van der Waals surface area contributed by atoms with Crippen LogP contribution in [-0.4, -0.2) is 35.7 Å². The summed E-state index contributed by atoms with van der Waals surface area (Å²) in [7, 11) is 0. The van der Waals surface area contributed by atoms with Gasteiger partial charge in [0, 0.05) is 25.2 Å². The van der Waals surface area contributed by atoms with Crippen molar-refractivity contribution in [2.24, 2.45) is 0 Å². The Morgan fingerprint density at radius 3 is 2.90 bits per heavy atom. The third-order valence-corrected chi connectivity index (χ3v) is 4.07. The maximum atomic E-state index is 12.0. The minimum atomic E-state index is -0.424. The molecule has 0 saturated carbocycles. The molecule has 2 heterocycles. The van der Waals surface area contributed by atoms with Crippen LogP contribution in [0.15, 0.2) is 16.8 Å². The first-order valence-electron chi connectivity index (χ1n) is 7.11. The predicted octanol–water partition coefficient (Wildman–Crippen LogP) is 3.41. The van der Waals surface area contributed by atoms with Crippen LogP contribution >= 0.6 is 11.3 Å². The Kier molecular flexibility index (Phi) is 4.70. The Morgan fingerprint density at radius 2 is 2.30 bits per heavy atom. The standard InChI is InChI=1S/C15H24N2O2S/c1-11(12-6-8-20-10-12)16-13-5-7-17(9-13)14(18)19-15(2,3)4/h6,8,10-11,13,16H,5,7,9H2,1-4H3. The van der Waals surface area contributed by atoms with E-state index < -0.39 is 5.60 Å². The van der Waals surface area contributed by atoms with Gasteiger partial charge in [0.25, 0.3) is 0 Å². The Labute approximate surface area is 125 Å². The first-order valence-corrected chi connectivity index (χ1v) is 8.05. The van der Waals surface area contributed by atoms with Gasteiger partial charge in [-0.05, 0) is 56.5 Å². The summed E-state index contributed by atoms with van der Waals surface area (Å²) in [5.74, 6) is 0. The van der Waals surface area contributed by atoms with E-state index in [9.17, 15) is 4.79 Å². The number of ether oxygens (including phenoxy) is 1. The number of carbonyl (C=O) groups is 1. The van der Waals surface area contributed by atoms with Crippen LogP contribution in [0.5, 0.6) is 0 Å². The zero-order chi connectivity index (χ0) is 14.8. The largest absolute Gasteiger partial charge is 0.444 e. The molecule has 1 aromatic heterocycles. The quantitative estimate of drug-likeness (QED) is 0.929. The number of carbonyl (C=O) groups excluding carboxylic acids is 1. The lowest BCUT2D eigenvalue weighted by Gasteiger charge is -2.25. The summed E-state index contributed by atoms with van der Waals surface area (Å²) in [4.78, 5) is 13.8. The fourth-order valence-corrected chi connectivity index (χ4v) is 3.11. The van der Waals surface area contributed by atoms with Crippen molar-refractivity contribution in [2.45, 2.75) is 51.8 Å². The monoisotopic (exact) mass is 296 g/mol. The van der Waals surface area contributed by atoms with Crippen molar-refractivity contribution in [3.8, 4) is 0 Å². The number of amides is 1. The molecule has 0 bridgehead atoms. The van der Waals surface area contributed by atoms with E-state index in [1.807, 2.05) is 20.8 Å². The average Bonchev–Trinajstić information content (AvgIpc) is 2.97. The molecule has 0 radical (unpaired) electrons. The second-order valence-electron chi connectivity index (χ2n) is 6.36. The van der Waals surface area contributed by atoms with Crippen LogP contribution in [0.4, 0.5) is 4.79 Å². The normalized spacial score (nSPS) is 21.0. The second kappa shape index (κ2) is 6.14. The molecule has 0 aromatic carbocycles. The zero-order valence-corrected chi connectivity index (χ0v) is 13.5. The van der Waals surface area contributed by atoms with Gasteiger partial charge in [0.1, 0.15) is 5.60 Å². The minimum absolute atomic E-state index is 0.204. The molecule has 2 unspecified atom stereocenters. The van der Waals surface area contributed by atoms with Crippen LogP contribution in [0, 0.1) is 0 Å². The highest BCUT2D eigenvalue weighted by molar-refractivity contribution is 7.07. The van der Waals surface area contributed by atoms with Crippen LogP contribution in [0.2, 0.25) is 0 Å². The van der Waals surface area contributed by atoms with Gasteiger partial charge >= 0.3 is 6.09 Å². The van der Waals surface area contributed by atoms with Crippen molar-refractivity contribution in [3.63, 3.8) is 0 Å². The van der Waals surface area contributed by atoms with Crippen LogP contribution in [0.3, 0.4) is 0 Å². The van der Waals surface area contributed by atoms with Crippen molar-refractivity contribution < 1.29 is 9.53 Å². The van der Waals surface area contributed by atoms with Crippen molar-refractivity contribution in [3.05, 3.63) is 22.4 Å². The third-order valence-electron chi connectivity index (χ3n) is 3.37. The summed E-state index contributed by atoms with van der Waals surface area (Å²) in [6.07, 6.45) is 0.776. The molecule has 2 atom stereocenters. The predicted molar refractivity (Wildman–Crippen MR) is 82.1 cm³/mol. The molecular formula is C15H24N2O2S. The van der Waals surface area contributed by atoms with E-state index in [1.165, 1.54) is 5.56 Å². The molecule has 1 N–H and O–H groups in total.